The van der Waals surface area contributed by atoms with Crippen molar-refractivity contribution < 1.29 is 9.15 Å². The molecular weight excluding hydrogens is 242 g/mol. The van der Waals surface area contributed by atoms with Crippen molar-refractivity contribution in [1.82, 2.24) is 9.88 Å². The zero-order valence-electron chi connectivity index (χ0n) is 11.1. The lowest BCUT2D eigenvalue weighted by Crippen LogP contribution is -2.29. The predicted molar refractivity (Wildman–Crippen MR) is 73.7 cm³/mol. The topological polar surface area (TPSA) is 64.5 Å². The van der Waals surface area contributed by atoms with E-state index in [-0.39, 0.29) is 6.10 Å². The molecule has 102 valence electrons. The van der Waals surface area contributed by atoms with Gasteiger partial charge < -0.3 is 14.9 Å². The van der Waals surface area contributed by atoms with E-state index in [9.17, 15) is 0 Å². The van der Waals surface area contributed by atoms with E-state index in [1.54, 1.807) is 0 Å². The third-order valence-corrected chi connectivity index (χ3v) is 3.39. The van der Waals surface area contributed by atoms with E-state index in [1.807, 2.05) is 18.2 Å². The lowest BCUT2D eigenvalue weighted by atomic mass is 10.3. The van der Waals surface area contributed by atoms with Crippen molar-refractivity contribution in [3.8, 4) is 0 Å². The molecule has 1 unspecified atom stereocenters. The average Bonchev–Trinajstić information content (AvgIpc) is 2.67. The highest BCUT2D eigenvalue weighted by molar-refractivity contribution is 5.85. The van der Waals surface area contributed by atoms with Gasteiger partial charge in [0, 0.05) is 19.7 Å². The molecule has 0 saturated carbocycles. The molecule has 1 aromatic carbocycles. The number of nitrogen functional groups attached to an aromatic ring is 1. The Kier molecular flexibility index (Phi) is 3.40. The van der Waals surface area contributed by atoms with Gasteiger partial charge in [0.1, 0.15) is 5.52 Å². The smallest absolute Gasteiger partial charge is 0.209 e. The summed E-state index contributed by atoms with van der Waals surface area (Å²) in [5, 5.41) is 0. The van der Waals surface area contributed by atoms with Gasteiger partial charge in [0.25, 0.3) is 0 Å². The Morgan fingerprint density at radius 1 is 1.47 bits per heavy atom. The van der Waals surface area contributed by atoms with Crippen molar-refractivity contribution in [2.75, 3.05) is 25.4 Å². The highest BCUT2D eigenvalue weighted by Gasteiger charge is 2.17. The molecule has 0 bridgehead atoms. The molecule has 0 amide bonds. The van der Waals surface area contributed by atoms with E-state index in [1.165, 1.54) is 0 Å². The number of fused-ring (bicyclic) bond motifs is 1. The largest absolute Gasteiger partial charge is 0.439 e. The second-order valence-electron chi connectivity index (χ2n) is 5.07. The van der Waals surface area contributed by atoms with Crippen molar-refractivity contribution in [3.05, 3.63) is 24.1 Å². The number of rotatable bonds is 2. The molecule has 1 aliphatic rings. The van der Waals surface area contributed by atoms with E-state index in [0.29, 0.717) is 12.2 Å². The fourth-order valence-corrected chi connectivity index (χ4v) is 2.50. The standard InChI is InChI=1S/C14H19N3O2/c1-10-8-17(6-3-7-18-10)9-13-16-14-11(15)4-2-5-12(14)19-13/h2,4-5,10H,3,6-9,15H2,1H3. The van der Waals surface area contributed by atoms with Gasteiger partial charge in [-0.05, 0) is 25.5 Å². The predicted octanol–water partition coefficient (Wildman–Crippen LogP) is 2.02. The van der Waals surface area contributed by atoms with Crippen LogP contribution in [0.5, 0.6) is 0 Å². The number of nitrogens with two attached hydrogens (primary N) is 1. The van der Waals surface area contributed by atoms with Crippen molar-refractivity contribution in [2.45, 2.75) is 26.0 Å². The van der Waals surface area contributed by atoms with Crippen LogP contribution in [0, 0.1) is 0 Å². The quantitative estimate of drug-likeness (QED) is 0.838. The third-order valence-electron chi connectivity index (χ3n) is 3.39. The molecule has 0 radical (unpaired) electrons. The van der Waals surface area contributed by atoms with Gasteiger partial charge in [0.15, 0.2) is 5.58 Å². The summed E-state index contributed by atoms with van der Waals surface area (Å²) in [6, 6.07) is 5.63. The number of nitrogens with zero attached hydrogens (tertiary/aromatic N) is 2. The molecule has 2 N–H and O–H groups in total. The molecule has 1 aliphatic heterocycles. The zero-order valence-corrected chi connectivity index (χ0v) is 11.1. The van der Waals surface area contributed by atoms with Crippen LogP contribution in [0.2, 0.25) is 0 Å². The number of aromatic nitrogens is 1. The maximum absolute atomic E-state index is 5.89. The fourth-order valence-electron chi connectivity index (χ4n) is 2.50. The van der Waals surface area contributed by atoms with Crippen LogP contribution in [0.4, 0.5) is 5.69 Å². The summed E-state index contributed by atoms with van der Waals surface area (Å²) in [4.78, 5) is 6.81. The zero-order chi connectivity index (χ0) is 13.2. The first-order valence-electron chi connectivity index (χ1n) is 6.70. The summed E-state index contributed by atoms with van der Waals surface area (Å²) in [5.74, 6) is 0.724. The summed E-state index contributed by atoms with van der Waals surface area (Å²) in [6.45, 7) is 5.56. The van der Waals surface area contributed by atoms with Gasteiger partial charge in [-0.25, -0.2) is 4.98 Å². The normalized spacial score (nSPS) is 21.6. The van der Waals surface area contributed by atoms with E-state index < -0.39 is 0 Å². The summed E-state index contributed by atoms with van der Waals surface area (Å²) >= 11 is 0. The van der Waals surface area contributed by atoms with Crippen molar-refractivity contribution in [3.63, 3.8) is 0 Å². The SMILES string of the molecule is CC1CN(Cc2nc3c(N)cccc3o2)CCCO1. The number of anilines is 1. The Balaban J connectivity index is 1.79. The number of hydrogen-bond acceptors (Lipinski definition) is 5. The molecule has 2 heterocycles. The number of hydrogen-bond donors (Lipinski definition) is 1. The Labute approximate surface area is 112 Å². The molecule has 1 aromatic heterocycles. The Bertz CT molecular complexity index is 567. The Morgan fingerprint density at radius 2 is 2.37 bits per heavy atom. The average molecular weight is 261 g/mol. The van der Waals surface area contributed by atoms with Crippen molar-refractivity contribution >= 4 is 16.8 Å². The van der Waals surface area contributed by atoms with Crippen LogP contribution in [0.25, 0.3) is 11.1 Å². The van der Waals surface area contributed by atoms with E-state index in [2.05, 4.69) is 16.8 Å². The molecule has 0 aliphatic carbocycles. The van der Waals surface area contributed by atoms with Gasteiger partial charge in [-0.15, -0.1) is 0 Å². The number of benzene rings is 1. The minimum atomic E-state index is 0.261. The number of ether oxygens (including phenoxy) is 1. The minimum absolute atomic E-state index is 0.261. The van der Waals surface area contributed by atoms with Crippen LogP contribution in [0.15, 0.2) is 22.6 Å². The second kappa shape index (κ2) is 5.19. The highest BCUT2D eigenvalue weighted by Crippen LogP contribution is 2.22. The molecule has 1 fully saturated rings. The molecule has 5 heteroatoms. The lowest BCUT2D eigenvalue weighted by molar-refractivity contribution is 0.0657. The highest BCUT2D eigenvalue weighted by atomic mass is 16.5. The Hall–Kier alpha value is -1.59. The molecule has 5 nitrogen and oxygen atoms in total. The summed E-state index contributed by atoms with van der Waals surface area (Å²) in [6.07, 6.45) is 1.31. The summed E-state index contributed by atoms with van der Waals surface area (Å²) < 4.78 is 11.4. The van der Waals surface area contributed by atoms with Gasteiger partial charge in [-0.3, -0.25) is 4.90 Å². The number of oxazole rings is 1. The monoisotopic (exact) mass is 261 g/mol. The Morgan fingerprint density at radius 3 is 3.21 bits per heavy atom. The summed E-state index contributed by atoms with van der Waals surface area (Å²) in [7, 11) is 0. The van der Waals surface area contributed by atoms with E-state index in [0.717, 1.165) is 43.1 Å². The van der Waals surface area contributed by atoms with Crippen LogP contribution in [0.3, 0.4) is 0 Å². The molecule has 0 spiro atoms. The van der Waals surface area contributed by atoms with E-state index in [4.69, 9.17) is 14.9 Å². The van der Waals surface area contributed by atoms with Gasteiger partial charge in [-0.1, -0.05) is 6.07 Å². The second-order valence-corrected chi connectivity index (χ2v) is 5.07. The first-order valence-corrected chi connectivity index (χ1v) is 6.70. The molecule has 3 rings (SSSR count). The summed E-state index contributed by atoms with van der Waals surface area (Å²) in [5.41, 5.74) is 8.08. The van der Waals surface area contributed by atoms with Crippen LogP contribution in [-0.2, 0) is 11.3 Å². The van der Waals surface area contributed by atoms with Gasteiger partial charge in [0.05, 0.1) is 18.3 Å². The lowest BCUT2D eigenvalue weighted by Gasteiger charge is -2.19. The van der Waals surface area contributed by atoms with Gasteiger partial charge >= 0.3 is 0 Å². The van der Waals surface area contributed by atoms with Gasteiger partial charge in [-0.2, -0.15) is 0 Å². The molecular formula is C14H19N3O2. The third kappa shape index (κ3) is 2.72. The van der Waals surface area contributed by atoms with Crippen LogP contribution in [0.1, 0.15) is 19.2 Å². The minimum Gasteiger partial charge on any atom is -0.439 e. The molecule has 1 atom stereocenters. The molecule has 19 heavy (non-hydrogen) atoms. The van der Waals surface area contributed by atoms with Crippen molar-refractivity contribution in [2.24, 2.45) is 0 Å². The first-order chi connectivity index (χ1) is 9.22. The maximum Gasteiger partial charge on any atom is 0.209 e. The number of para-hydroxylation sites is 1. The fraction of sp³-hybridized carbons (Fsp3) is 0.500. The van der Waals surface area contributed by atoms with E-state index >= 15 is 0 Å². The first kappa shape index (κ1) is 12.4. The van der Waals surface area contributed by atoms with Crippen LogP contribution >= 0.6 is 0 Å². The van der Waals surface area contributed by atoms with Gasteiger partial charge in [0.2, 0.25) is 5.89 Å². The maximum atomic E-state index is 5.89. The van der Waals surface area contributed by atoms with Crippen molar-refractivity contribution in [1.29, 1.82) is 0 Å². The molecule has 1 saturated heterocycles. The van der Waals surface area contributed by atoms with Crippen LogP contribution in [-0.4, -0.2) is 35.7 Å². The van der Waals surface area contributed by atoms with Crippen LogP contribution < -0.4 is 5.73 Å². The molecule has 2 aromatic rings.